The van der Waals surface area contributed by atoms with Crippen molar-refractivity contribution in [2.24, 2.45) is 0 Å². The number of nitrogens with zero attached hydrogens (tertiary/aromatic N) is 1. The Labute approximate surface area is 98.4 Å². The Morgan fingerprint density at radius 1 is 1.29 bits per heavy atom. The molecule has 1 saturated heterocycles. The molecule has 1 heterocycles. The highest BCUT2D eigenvalue weighted by Gasteiger charge is 2.11. The molecule has 1 aliphatic heterocycles. The summed E-state index contributed by atoms with van der Waals surface area (Å²) in [4.78, 5) is 2.38. The maximum Gasteiger partial charge on any atom is 0.0642 e. The fraction of sp³-hybridized carbons (Fsp3) is 0.455. The second-order valence-electron chi connectivity index (χ2n) is 3.53. The zero-order valence-electron chi connectivity index (χ0n) is 8.29. The van der Waals surface area contributed by atoms with Gasteiger partial charge in [-0.05, 0) is 47.2 Å². The summed E-state index contributed by atoms with van der Waals surface area (Å²) in [6.45, 7) is 5.87. The topological polar surface area (TPSA) is 12.5 Å². The Bertz CT molecular complexity index is 321. The Morgan fingerprint density at radius 3 is 2.64 bits per heavy atom. The van der Waals surface area contributed by atoms with E-state index in [1.54, 1.807) is 0 Å². The number of halogens is 1. The predicted molar refractivity (Wildman–Crippen MR) is 66.9 cm³/mol. The smallest absolute Gasteiger partial charge is 0.0642 e. The minimum absolute atomic E-state index is 0.852. The van der Waals surface area contributed by atoms with Gasteiger partial charge in [0, 0.05) is 22.3 Å². The molecule has 0 aromatic heterocycles. The Hall–Kier alpha value is -0.290. The van der Waals surface area contributed by atoms with Crippen molar-refractivity contribution in [1.29, 1.82) is 0 Å². The second-order valence-corrected chi connectivity index (χ2v) is 4.70. The van der Waals surface area contributed by atoms with Crippen LogP contribution in [0.5, 0.6) is 0 Å². The summed E-state index contributed by atoms with van der Waals surface area (Å²) in [6, 6.07) is 6.64. The van der Waals surface area contributed by atoms with Crippen molar-refractivity contribution in [2.45, 2.75) is 6.92 Å². The minimum Gasteiger partial charge on any atom is -0.378 e. The lowest BCUT2D eigenvalue weighted by molar-refractivity contribution is 0.122. The third-order valence-corrected chi connectivity index (χ3v) is 3.69. The molecule has 0 amide bonds. The molecule has 0 aliphatic carbocycles. The summed E-state index contributed by atoms with van der Waals surface area (Å²) in [5.41, 5.74) is 2.67. The van der Waals surface area contributed by atoms with E-state index < -0.39 is 0 Å². The summed E-state index contributed by atoms with van der Waals surface area (Å²) in [5, 5.41) is 0. The second kappa shape index (κ2) is 4.49. The highest BCUT2D eigenvalue weighted by Crippen LogP contribution is 2.21. The van der Waals surface area contributed by atoms with Gasteiger partial charge in [0.1, 0.15) is 0 Å². The summed E-state index contributed by atoms with van der Waals surface area (Å²) >= 11 is 2.39. The first-order chi connectivity index (χ1) is 6.77. The van der Waals surface area contributed by atoms with Gasteiger partial charge in [-0.3, -0.25) is 0 Å². The average molecular weight is 303 g/mol. The molecule has 2 rings (SSSR count). The van der Waals surface area contributed by atoms with Crippen molar-refractivity contribution in [3.63, 3.8) is 0 Å². The van der Waals surface area contributed by atoms with Crippen molar-refractivity contribution in [3.8, 4) is 0 Å². The van der Waals surface area contributed by atoms with Gasteiger partial charge in [-0.1, -0.05) is 6.07 Å². The number of benzene rings is 1. The van der Waals surface area contributed by atoms with Gasteiger partial charge < -0.3 is 9.64 Å². The van der Waals surface area contributed by atoms with Crippen LogP contribution in [0.25, 0.3) is 0 Å². The van der Waals surface area contributed by atoms with Crippen molar-refractivity contribution >= 4 is 28.3 Å². The molecule has 1 fully saturated rings. The lowest BCUT2D eigenvalue weighted by Gasteiger charge is -2.29. The van der Waals surface area contributed by atoms with Crippen LogP contribution in [0, 0.1) is 10.5 Å². The number of morpholine rings is 1. The highest BCUT2D eigenvalue weighted by molar-refractivity contribution is 14.1. The first kappa shape index (κ1) is 10.2. The number of rotatable bonds is 1. The van der Waals surface area contributed by atoms with E-state index in [1.165, 1.54) is 14.8 Å². The van der Waals surface area contributed by atoms with Crippen LogP contribution in [0.2, 0.25) is 0 Å². The maximum atomic E-state index is 5.33. The largest absolute Gasteiger partial charge is 0.378 e. The van der Waals surface area contributed by atoms with Gasteiger partial charge in [-0.25, -0.2) is 0 Å². The van der Waals surface area contributed by atoms with Gasteiger partial charge in [0.05, 0.1) is 13.2 Å². The van der Waals surface area contributed by atoms with E-state index >= 15 is 0 Å². The molecule has 2 nitrogen and oxygen atoms in total. The van der Waals surface area contributed by atoms with E-state index in [0.29, 0.717) is 0 Å². The lowest BCUT2D eigenvalue weighted by Crippen LogP contribution is -2.36. The normalized spacial score (nSPS) is 17.1. The van der Waals surface area contributed by atoms with Crippen LogP contribution in [-0.2, 0) is 4.74 Å². The molecule has 3 heteroatoms. The zero-order chi connectivity index (χ0) is 9.97. The molecular formula is C11H14INO. The van der Waals surface area contributed by atoms with Crippen molar-refractivity contribution < 1.29 is 4.74 Å². The van der Waals surface area contributed by atoms with E-state index in [2.05, 4.69) is 52.6 Å². The molecular weight excluding hydrogens is 289 g/mol. The van der Waals surface area contributed by atoms with E-state index in [-0.39, 0.29) is 0 Å². The van der Waals surface area contributed by atoms with Gasteiger partial charge in [-0.2, -0.15) is 0 Å². The molecule has 1 aliphatic rings. The SMILES string of the molecule is Cc1ccc(N2CCOCC2)cc1I. The van der Waals surface area contributed by atoms with Crippen LogP contribution in [0.1, 0.15) is 5.56 Å². The minimum atomic E-state index is 0.852. The van der Waals surface area contributed by atoms with E-state index in [9.17, 15) is 0 Å². The standard InChI is InChI=1S/C11H14INO/c1-9-2-3-10(8-11(9)12)13-4-6-14-7-5-13/h2-3,8H,4-7H2,1H3. The van der Waals surface area contributed by atoms with Crippen molar-refractivity contribution in [1.82, 2.24) is 0 Å². The lowest BCUT2D eigenvalue weighted by atomic mass is 10.2. The molecule has 0 N–H and O–H groups in total. The first-order valence-corrected chi connectivity index (χ1v) is 5.94. The van der Waals surface area contributed by atoms with E-state index in [4.69, 9.17) is 4.74 Å². The fourth-order valence-corrected chi connectivity index (χ4v) is 2.10. The van der Waals surface area contributed by atoms with Crippen LogP contribution in [0.4, 0.5) is 5.69 Å². The summed E-state index contributed by atoms with van der Waals surface area (Å²) in [7, 11) is 0. The molecule has 0 radical (unpaired) electrons. The molecule has 0 atom stereocenters. The number of anilines is 1. The average Bonchev–Trinajstić information content (AvgIpc) is 2.23. The molecule has 0 unspecified atom stereocenters. The summed E-state index contributed by atoms with van der Waals surface area (Å²) < 4.78 is 6.67. The third-order valence-electron chi connectivity index (χ3n) is 2.53. The Kier molecular flexibility index (Phi) is 3.28. The first-order valence-electron chi connectivity index (χ1n) is 4.86. The molecule has 76 valence electrons. The summed E-state index contributed by atoms with van der Waals surface area (Å²) in [5.74, 6) is 0. The van der Waals surface area contributed by atoms with Gasteiger partial charge in [0.2, 0.25) is 0 Å². The van der Waals surface area contributed by atoms with Gasteiger partial charge in [0.25, 0.3) is 0 Å². The van der Waals surface area contributed by atoms with E-state index in [1.807, 2.05) is 0 Å². The Balaban J connectivity index is 2.18. The summed E-state index contributed by atoms with van der Waals surface area (Å²) in [6.07, 6.45) is 0. The molecule has 0 bridgehead atoms. The molecule has 14 heavy (non-hydrogen) atoms. The van der Waals surface area contributed by atoms with Crippen LogP contribution < -0.4 is 4.90 Å². The number of hydrogen-bond acceptors (Lipinski definition) is 2. The molecule has 0 saturated carbocycles. The van der Waals surface area contributed by atoms with Gasteiger partial charge >= 0.3 is 0 Å². The highest BCUT2D eigenvalue weighted by atomic mass is 127. The fourth-order valence-electron chi connectivity index (χ4n) is 1.60. The monoisotopic (exact) mass is 303 g/mol. The number of aryl methyl sites for hydroxylation is 1. The third kappa shape index (κ3) is 2.20. The molecule has 0 spiro atoms. The van der Waals surface area contributed by atoms with Crippen LogP contribution >= 0.6 is 22.6 Å². The van der Waals surface area contributed by atoms with Gasteiger partial charge in [-0.15, -0.1) is 0 Å². The van der Waals surface area contributed by atoms with Crippen LogP contribution in [0.3, 0.4) is 0 Å². The maximum absolute atomic E-state index is 5.33. The Morgan fingerprint density at radius 2 is 2.00 bits per heavy atom. The number of hydrogen-bond donors (Lipinski definition) is 0. The van der Waals surface area contributed by atoms with Crippen molar-refractivity contribution in [3.05, 3.63) is 27.3 Å². The number of ether oxygens (including phenoxy) is 1. The van der Waals surface area contributed by atoms with E-state index in [0.717, 1.165) is 26.3 Å². The van der Waals surface area contributed by atoms with Gasteiger partial charge in [0.15, 0.2) is 0 Å². The molecule has 1 aromatic rings. The van der Waals surface area contributed by atoms with Crippen LogP contribution in [0.15, 0.2) is 18.2 Å². The zero-order valence-corrected chi connectivity index (χ0v) is 10.5. The predicted octanol–water partition coefficient (Wildman–Crippen LogP) is 2.44. The quantitative estimate of drug-likeness (QED) is 0.739. The van der Waals surface area contributed by atoms with Crippen LogP contribution in [-0.4, -0.2) is 26.3 Å². The van der Waals surface area contributed by atoms with Crippen molar-refractivity contribution in [2.75, 3.05) is 31.2 Å². The molecule has 1 aromatic carbocycles.